The minimum Gasteiger partial charge on any atom is -0.406 e. The Morgan fingerprint density at radius 2 is 1.83 bits per heavy atom. The maximum absolute atomic E-state index is 12.3. The molecule has 0 aliphatic carbocycles. The highest BCUT2D eigenvalue weighted by atomic mass is 19.4. The van der Waals surface area contributed by atoms with Crippen LogP contribution >= 0.6 is 0 Å². The van der Waals surface area contributed by atoms with Gasteiger partial charge in [0, 0.05) is 18.2 Å². The molecule has 0 spiro atoms. The lowest BCUT2D eigenvalue weighted by Crippen LogP contribution is -2.35. The maximum Gasteiger partial charge on any atom is 0.573 e. The summed E-state index contributed by atoms with van der Waals surface area (Å²) in [7, 11) is 0. The van der Waals surface area contributed by atoms with Crippen LogP contribution in [0.2, 0.25) is 0 Å². The zero-order chi connectivity index (χ0) is 21.1. The summed E-state index contributed by atoms with van der Waals surface area (Å²) < 4.78 is 46.3. The first-order valence-electron chi connectivity index (χ1n) is 9.74. The first kappa shape index (κ1) is 20.3. The van der Waals surface area contributed by atoms with Crippen molar-refractivity contribution in [3.63, 3.8) is 0 Å². The number of piperidine rings is 1. The Morgan fingerprint density at radius 3 is 2.47 bits per heavy atom. The van der Waals surface area contributed by atoms with E-state index in [1.165, 1.54) is 12.1 Å². The fourth-order valence-electron chi connectivity index (χ4n) is 3.69. The van der Waals surface area contributed by atoms with Gasteiger partial charge >= 0.3 is 6.36 Å². The molecule has 3 heterocycles. The van der Waals surface area contributed by atoms with Crippen LogP contribution in [0, 0.1) is 0 Å². The quantitative estimate of drug-likeness (QED) is 0.583. The van der Waals surface area contributed by atoms with Crippen molar-refractivity contribution in [2.45, 2.75) is 38.1 Å². The molecule has 1 saturated heterocycles. The topological polar surface area (TPSA) is 64.3 Å². The van der Waals surface area contributed by atoms with Crippen LogP contribution in [0.15, 0.2) is 53.2 Å². The van der Waals surface area contributed by atoms with E-state index < -0.39 is 6.36 Å². The van der Waals surface area contributed by atoms with Gasteiger partial charge in [0.2, 0.25) is 11.7 Å². The van der Waals surface area contributed by atoms with Gasteiger partial charge in [-0.25, -0.2) is 0 Å². The highest BCUT2D eigenvalue weighted by Crippen LogP contribution is 2.33. The van der Waals surface area contributed by atoms with Gasteiger partial charge in [0.15, 0.2) is 0 Å². The van der Waals surface area contributed by atoms with Crippen molar-refractivity contribution in [1.29, 1.82) is 0 Å². The van der Waals surface area contributed by atoms with E-state index in [-0.39, 0.29) is 17.7 Å². The van der Waals surface area contributed by atoms with E-state index in [0.29, 0.717) is 17.4 Å². The molecule has 1 aliphatic rings. The van der Waals surface area contributed by atoms with Crippen molar-refractivity contribution < 1.29 is 22.4 Å². The Morgan fingerprint density at radius 1 is 1.10 bits per heavy atom. The molecule has 0 saturated carbocycles. The SMILES string of the molecule is CC(c1ccc(OC(F)(F)F)cc1)N1CCC(c2nc(-c3ccccn3)no2)CC1. The van der Waals surface area contributed by atoms with Crippen LogP contribution in [0.25, 0.3) is 11.5 Å². The van der Waals surface area contributed by atoms with Gasteiger partial charge in [-0.2, -0.15) is 4.98 Å². The second-order valence-electron chi connectivity index (χ2n) is 7.27. The number of hydrogen-bond donors (Lipinski definition) is 0. The van der Waals surface area contributed by atoms with Crippen LogP contribution in [0.3, 0.4) is 0 Å². The van der Waals surface area contributed by atoms with Crippen LogP contribution in [-0.2, 0) is 0 Å². The number of nitrogens with zero attached hydrogens (tertiary/aromatic N) is 4. The molecule has 6 nitrogen and oxygen atoms in total. The Kier molecular flexibility index (Phi) is 5.72. The predicted molar refractivity (Wildman–Crippen MR) is 103 cm³/mol. The van der Waals surface area contributed by atoms with E-state index in [9.17, 15) is 13.2 Å². The average molecular weight is 418 g/mol. The molecule has 1 fully saturated rings. The molecular formula is C21H21F3N4O2. The van der Waals surface area contributed by atoms with E-state index in [4.69, 9.17) is 4.52 Å². The average Bonchev–Trinajstić information content (AvgIpc) is 3.24. The molecule has 2 aromatic heterocycles. The number of halogens is 3. The summed E-state index contributed by atoms with van der Waals surface area (Å²) in [4.78, 5) is 11.0. The normalized spacial score (nSPS) is 17.1. The standard InChI is InChI=1S/C21H21F3N4O2/c1-14(15-5-7-17(8-6-15)29-21(22,23)24)28-12-9-16(10-13-28)20-26-19(27-30-20)18-4-2-3-11-25-18/h2-8,11,14,16H,9-10,12-13H2,1H3. The zero-order valence-corrected chi connectivity index (χ0v) is 16.3. The fourth-order valence-corrected chi connectivity index (χ4v) is 3.69. The predicted octanol–water partition coefficient (Wildman–Crippen LogP) is 4.97. The summed E-state index contributed by atoms with van der Waals surface area (Å²) in [5.74, 6) is 1.08. The molecule has 0 amide bonds. The van der Waals surface area contributed by atoms with Gasteiger partial charge in [0.1, 0.15) is 11.4 Å². The van der Waals surface area contributed by atoms with Gasteiger partial charge in [-0.3, -0.25) is 9.88 Å². The molecule has 0 radical (unpaired) electrons. The molecule has 1 aromatic carbocycles. The van der Waals surface area contributed by atoms with E-state index in [1.807, 2.05) is 25.1 Å². The number of aromatic nitrogens is 3. The molecule has 30 heavy (non-hydrogen) atoms. The molecule has 3 aromatic rings. The monoisotopic (exact) mass is 418 g/mol. The van der Waals surface area contributed by atoms with Crippen molar-refractivity contribution in [3.8, 4) is 17.3 Å². The number of pyridine rings is 1. The van der Waals surface area contributed by atoms with Gasteiger partial charge < -0.3 is 9.26 Å². The molecule has 1 aliphatic heterocycles. The van der Waals surface area contributed by atoms with Crippen LogP contribution in [0.5, 0.6) is 5.75 Å². The van der Waals surface area contributed by atoms with E-state index in [1.54, 1.807) is 18.3 Å². The van der Waals surface area contributed by atoms with Gasteiger partial charge in [-0.05, 0) is 62.7 Å². The Bertz CT molecular complexity index is 952. The van der Waals surface area contributed by atoms with Crippen molar-refractivity contribution in [2.24, 2.45) is 0 Å². The molecule has 1 atom stereocenters. The summed E-state index contributed by atoms with van der Waals surface area (Å²) in [6, 6.07) is 11.7. The lowest BCUT2D eigenvalue weighted by Gasteiger charge is -2.35. The van der Waals surface area contributed by atoms with Crippen LogP contribution in [0.1, 0.15) is 43.2 Å². The Hall–Kier alpha value is -2.94. The second-order valence-corrected chi connectivity index (χ2v) is 7.27. The number of alkyl halides is 3. The summed E-state index contributed by atoms with van der Waals surface area (Å²) >= 11 is 0. The Labute approximate surface area is 171 Å². The largest absolute Gasteiger partial charge is 0.573 e. The minimum absolute atomic E-state index is 0.0812. The summed E-state index contributed by atoms with van der Waals surface area (Å²) in [6.07, 6.45) is -1.26. The van der Waals surface area contributed by atoms with Crippen molar-refractivity contribution in [1.82, 2.24) is 20.0 Å². The minimum atomic E-state index is -4.68. The van der Waals surface area contributed by atoms with Gasteiger partial charge in [0.25, 0.3) is 0 Å². The third-order valence-corrected chi connectivity index (χ3v) is 5.36. The molecule has 9 heteroatoms. The number of benzene rings is 1. The number of rotatable bonds is 5. The van der Waals surface area contributed by atoms with E-state index >= 15 is 0 Å². The first-order valence-corrected chi connectivity index (χ1v) is 9.74. The maximum atomic E-state index is 12.3. The number of hydrogen-bond acceptors (Lipinski definition) is 6. The molecule has 4 rings (SSSR count). The van der Waals surface area contributed by atoms with E-state index in [0.717, 1.165) is 31.5 Å². The summed E-state index contributed by atoms with van der Waals surface area (Å²) in [5.41, 5.74) is 1.62. The van der Waals surface area contributed by atoms with Crippen molar-refractivity contribution in [3.05, 3.63) is 60.1 Å². The number of likely N-dealkylation sites (tertiary alicyclic amines) is 1. The third kappa shape index (κ3) is 4.79. The molecular weight excluding hydrogens is 397 g/mol. The molecule has 0 N–H and O–H groups in total. The third-order valence-electron chi connectivity index (χ3n) is 5.36. The van der Waals surface area contributed by atoms with Gasteiger partial charge in [-0.1, -0.05) is 23.4 Å². The Balaban J connectivity index is 1.35. The van der Waals surface area contributed by atoms with E-state index in [2.05, 4.69) is 24.8 Å². The van der Waals surface area contributed by atoms with Crippen molar-refractivity contribution in [2.75, 3.05) is 13.1 Å². The number of ether oxygens (including phenoxy) is 1. The van der Waals surface area contributed by atoms with Crippen LogP contribution < -0.4 is 4.74 Å². The lowest BCUT2D eigenvalue weighted by atomic mass is 9.94. The van der Waals surface area contributed by atoms with Crippen LogP contribution in [0.4, 0.5) is 13.2 Å². The van der Waals surface area contributed by atoms with Crippen LogP contribution in [-0.4, -0.2) is 39.5 Å². The summed E-state index contributed by atoms with van der Waals surface area (Å²) in [6.45, 7) is 3.70. The lowest BCUT2D eigenvalue weighted by molar-refractivity contribution is -0.274. The highest BCUT2D eigenvalue weighted by Gasteiger charge is 2.31. The zero-order valence-electron chi connectivity index (χ0n) is 16.3. The smallest absolute Gasteiger partial charge is 0.406 e. The first-order chi connectivity index (χ1) is 14.4. The highest BCUT2D eigenvalue weighted by molar-refractivity contribution is 5.47. The molecule has 158 valence electrons. The van der Waals surface area contributed by atoms with Gasteiger partial charge in [0.05, 0.1) is 0 Å². The fraction of sp³-hybridized carbons (Fsp3) is 0.381. The molecule has 0 bridgehead atoms. The summed E-state index contributed by atoms with van der Waals surface area (Å²) in [5, 5.41) is 4.04. The molecule has 1 unspecified atom stereocenters. The van der Waals surface area contributed by atoms with Crippen molar-refractivity contribution >= 4 is 0 Å². The second kappa shape index (κ2) is 8.43. The van der Waals surface area contributed by atoms with Gasteiger partial charge in [-0.15, -0.1) is 13.2 Å².